The summed E-state index contributed by atoms with van der Waals surface area (Å²) >= 11 is 0. The fourth-order valence-electron chi connectivity index (χ4n) is 0.272. The molecule has 0 aliphatic heterocycles. The molecule has 0 aromatic heterocycles. The summed E-state index contributed by atoms with van der Waals surface area (Å²) in [6, 6.07) is 1.74. The molecule has 0 rings (SSSR count). The van der Waals surface area contributed by atoms with Crippen molar-refractivity contribution in [3.63, 3.8) is 0 Å². The van der Waals surface area contributed by atoms with Crippen LogP contribution in [0.1, 0.15) is 6.92 Å². The Morgan fingerprint density at radius 3 is 3.00 bits per heavy atom. The third-order valence-electron chi connectivity index (χ3n) is 0.518. The van der Waals surface area contributed by atoms with Gasteiger partial charge in [0.1, 0.15) is 0 Å². The molecule has 0 radical (unpaired) electrons. The number of nitriles is 1. The molecule has 8 heavy (non-hydrogen) atoms. The first kappa shape index (κ1) is 6.83. The van der Waals surface area contributed by atoms with Crippen molar-refractivity contribution in [1.82, 2.24) is 0 Å². The van der Waals surface area contributed by atoms with E-state index in [1.54, 1.807) is 13.0 Å². The lowest BCUT2D eigenvalue weighted by molar-refractivity contribution is 0.226. The van der Waals surface area contributed by atoms with E-state index in [1.165, 1.54) is 0 Å². The summed E-state index contributed by atoms with van der Waals surface area (Å²) in [5, 5.41) is 7.98. The van der Waals surface area contributed by atoms with E-state index in [4.69, 9.17) is 15.7 Å². The van der Waals surface area contributed by atoms with Crippen LogP contribution in [0.25, 0.3) is 0 Å². The molecule has 0 unspecified atom stereocenters. The van der Waals surface area contributed by atoms with E-state index in [-0.39, 0.29) is 5.88 Å². The molecule has 3 heteroatoms. The van der Waals surface area contributed by atoms with Gasteiger partial charge in [-0.3, -0.25) is 0 Å². The Morgan fingerprint density at radius 2 is 2.62 bits per heavy atom. The van der Waals surface area contributed by atoms with Crippen LogP contribution in [0.3, 0.4) is 0 Å². The van der Waals surface area contributed by atoms with Gasteiger partial charge in [-0.25, -0.2) is 0 Å². The summed E-state index contributed by atoms with van der Waals surface area (Å²) in [5.74, 6) is 0.176. The van der Waals surface area contributed by atoms with Gasteiger partial charge in [0.25, 0.3) is 0 Å². The number of rotatable bonds is 2. The Hall–Kier alpha value is -1.17. The number of nitrogens with two attached hydrogens (primary N) is 1. The maximum Gasteiger partial charge on any atom is 0.194 e. The van der Waals surface area contributed by atoms with E-state index in [9.17, 15) is 0 Å². The maximum atomic E-state index is 7.98. The van der Waals surface area contributed by atoms with Crippen molar-refractivity contribution < 1.29 is 4.74 Å². The molecule has 0 amide bonds. The number of hydrogen-bond acceptors (Lipinski definition) is 3. The SMILES string of the molecule is CCOC(N)=CC#N. The molecule has 0 aliphatic carbocycles. The first-order chi connectivity index (χ1) is 3.81. The number of allylic oxidation sites excluding steroid dienone is 1. The summed E-state index contributed by atoms with van der Waals surface area (Å²) in [5.41, 5.74) is 5.11. The van der Waals surface area contributed by atoms with Crippen LogP contribution in [0.15, 0.2) is 12.0 Å². The minimum atomic E-state index is 0.176. The van der Waals surface area contributed by atoms with Gasteiger partial charge >= 0.3 is 0 Å². The molecule has 0 saturated carbocycles. The Labute approximate surface area is 48.4 Å². The largest absolute Gasteiger partial charge is 0.479 e. The quantitative estimate of drug-likeness (QED) is 0.414. The minimum absolute atomic E-state index is 0.176. The Bertz CT molecular complexity index is 123. The molecule has 0 fully saturated rings. The predicted molar refractivity (Wildman–Crippen MR) is 29.5 cm³/mol. The Kier molecular flexibility index (Phi) is 3.42. The molecular formula is C5H8N2O. The molecular weight excluding hydrogens is 104 g/mol. The van der Waals surface area contributed by atoms with Crippen molar-refractivity contribution in [2.45, 2.75) is 6.92 Å². The van der Waals surface area contributed by atoms with E-state index in [0.717, 1.165) is 6.08 Å². The highest BCUT2D eigenvalue weighted by Gasteiger charge is 1.81. The topological polar surface area (TPSA) is 59.0 Å². The van der Waals surface area contributed by atoms with Crippen LogP contribution < -0.4 is 5.73 Å². The van der Waals surface area contributed by atoms with Gasteiger partial charge in [0.2, 0.25) is 0 Å². The monoisotopic (exact) mass is 112 g/mol. The molecule has 0 atom stereocenters. The zero-order chi connectivity index (χ0) is 6.41. The van der Waals surface area contributed by atoms with Crippen molar-refractivity contribution in [1.29, 1.82) is 5.26 Å². The fraction of sp³-hybridized carbons (Fsp3) is 0.400. The molecule has 3 nitrogen and oxygen atoms in total. The molecule has 0 aromatic carbocycles. The standard InChI is InChI=1S/C5H8N2O/c1-2-8-5(7)3-4-6/h3H,2,7H2,1H3. The molecule has 0 bridgehead atoms. The normalized spacial score (nSPS) is 10.2. The van der Waals surface area contributed by atoms with Crippen molar-refractivity contribution in [2.24, 2.45) is 5.73 Å². The lowest BCUT2D eigenvalue weighted by atomic mass is 10.6. The highest BCUT2D eigenvalue weighted by atomic mass is 16.5. The van der Waals surface area contributed by atoms with Gasteiger partial charge in [0.15, 0.2) is 5.88 Å². The van der Waals surface area contributed by atoms with Crippen molar-refractivity contribution in [3.8, 4) is 6.07 Å². The van der Waals surface area contributed by atoms with Gasteiger partial charge < -0.3 is 10.5 Å². The molecule has 0 spiro atoms. The summed E-state index contributed by atoms with van der Waals surface area (Å²) in [7, 11) is 0. The van der Waals surface area contributed by atoms with Crippen LogP contribution >= 0.6 is 0 Å². The second-order valence-corrected chi connectivity index (χ2v) is 1.11. The predicted octanol–water partition coefficient (Wildman–Crippen LogP) is 0.347. The van der Waals surface area contributed by atoms with Crippen LogP contribution in [-0.4, -0.2) is 6.61 Å². The van der Waals surface area contributed by atoms with Gasteiger partial charge in [-0.1, -0.05) is 0 Å². The summed E-state index contributed by atoms with van der Waals surface area (Å²) < 4.78 is 4.70. The molecule has 2 N–H and O–H groups in total. The Morgan fingerprint density at radius 1 is 2.00 bits per heavy atom. The molecule has 0 aliphatic rings. The molecule has 0 aromatic rings. The van der Waals surface area contributed by atoms with E-state index in [2.05, 4.69) is 0 Å². The van der Waals surface area contributed by atoms with Crippen molar-refractivity contribution in [3.05, 3.63) is 12.0 Å². The zero-order valence-electron chi connectivity index (χ0n) is 4.72. The number of ether oxygens (including phenoxy) is 1. The van der Waals surface area contributed by atoms with Gasteiger partial charge in [-0.15, -0.1) is 0 Å². The maximum absolute atomic E-state index is 7.98. The van der Waals surface area contributed by atoms with Gasteiger partial charge in [0, 0.05) is 0 Å². The fourth-order valence-corrected chi connectivity index (χ4v) is 0.272. The number of hydrogen-bond donors (Lipinski definition) is 1. The number of nitrogens with zero attached hydrogens (tertiary/aromatic N) is 1. The van der Waals surface area contributed by atoms with E-state index < -0.39 is 0 Å². The second kappa shape index (κ2) is 4.00. The highest BCUT2D eigenvalue weighted by Crippen LogP contribution is 1.82. The summed E-state index contributed by atoms with van der Waals surface area (Å²) in [6.45, 7) is 2.31. The van der Waals surface area contributed by atoms with E-state index in [1.807, 2.05) is 0 Å². The first-order valence-electron chi connectivity index (χ1n) is 2.29. The average molecular weight is 112 g/mol. The molecule has 44 valence electrons. The van der Waals surface area contributed by atoms with Crippen LogP contribution in [0.5, 0.6) is 0 Å². The van der Waals surface area contributed by atoms with Gasteiger partial charge in [-0.2, -0.15) is 5.26 Å². The molecule has 0 heterocycles. The van der Waals surface area contributed by atoms with Gasteiger partial charge in [-0.05, 0) is 6.92 Å². The average Bonchev–Trinajstić information content (AvgIpc) is 1.68. The lowest BCUT2D eigenvalue weighted by Crippen LogP contribution is -2.01. The van der Waals surface area contributed by atoms with Crippen LogP contribution in [-0.2, 0) is 4.74 Å². The second-order valence-electron chi connectivity index (χ2n) is 1.11. The first-order valence-corrected chi connectivity index (χ1v) is 2.29. The van der Waals surface area contributed by atoms with Crippen molar-refractivity contribution >= 4 is 0 Å². The third-order valence-corrected chi connectivity index (χ3v) is 0.518. The smallest absolute Gasteiger partial charge is 0.194 e. The van der Waals surface area contributed by atoms with Crippen LogP contribution in [0.2, 0.25) is 0 Å². The van der Waals surface area contributed by atoms with Crippen LogP contribution in [0.4, 0.5) is 0 Å². The summed E-state index contributed by atoms with van der Waals surface area (Å²) in [6.07, 6.45) is 1.16. The highest BCUT2D eigenvalue weighted by molar-refractivity contribution is 5.04. The lowest BCUT2D eigenvalue weighted by Gasteiger charge is -1.96. The zero-order valence-corrected chi connectivity index (χ0v) is 4.72. The molecule has 0 saturated heterocycles. The third kappa shape index (κ3) is 3.04. The summed E-state index contributed by atoms with van der Waals surface area (Å²) in [4.78, 5) is 0. The van der Waals surface area contributed by atoms with Crippen molar-refractivity contribution in [2.75, 3.05) is 6.61 Å². The minimum Gasteiger partial charge on any atom is -0.479 e. The van der Waals surface area contributed by atoms with Crippen LogP contribution in [0, 0.1) is 11.3 Å². The van der Waals surface area contributed by atoms with E-state index in [0.29, 0.717) is 6.61 Å². The Balaban J connectivity index is 3.49. The van der Waals surface area contributed by atoms with E-state index >= 15 is 0 Å². The van der Waals surface area contributed by atoms with Gasteiger partial charge in [0.05, 0.1) is 18.8 Å².